The molecular formula is C25H35ClN2O3. The van der Waals surface area contributed by atoms with Crippen molar-refractivity contribution in [3.63, 3.8) is 0 Å². The highest BCUT2D eigenvalue weighted by atomic mass is 35.5. The molecule has 0 fully saturated rings. The number of carbonyl (C=O) groups is 1. The Bertz CT molecular complexity index is 763. The van der Waals surface area contributed by atoms with E-state index in [1.54, 1.807) is 24.5 Å². The van der Waals surface area contributed by atoms with Crippen LogP contribution in [0.2, 0.25) is 0 Å². The van der Waals surface area contributed by atoms with Crippen LogP contribution >= 0.6 is 11.6 Å². The van der Waals surface area contributed by atoms with E-state index >= 15 is 0 Å². The van der Waals surface area contributed by atoms with E-state index in [2.05, 4.69) is 16.9 Å². The van der Waals surface area contributed by atoms with Crippen LogP contribution in [-0.4, -0.2) is 27.9 Å². The van der Waals surface area contributed by atoms with Crippen molar-refractivity contribution in [3.05, 3.63) is 36.7 Å². The summed E-state index contributed by atoms with van der Waals surface area (Å²) in [7, 11) is 0. The van der Waals surface area contributed by atoms with Gasteiger partial charge in [0.2, 0.25) is 0 Å². The lowest BCUT2D eigenvalue weighted by molar-refractivity contribution is -0.134. The Balaban J connectivity index is 1.76. The second kappa shape index (κ2) is 14.0. The highest BCUT2D eigenvalue weighted by molar-refractivity contribution is 6.30. The molecule has 1 aromatic heterocycles. The van der Waals surface area contributed by atoms with Gasteiger partial charge in [-0.25, -0.2) is 9.97 Å². The fraction of sp³-hybridized carbons (Fsp3) is 0.560. The molecule has 0 spiro atoms. The van der Waals surface area contributed by atoms with Crippen LogP contribution in [0.1, 0.15) is 72.1 Å². The summed E-state index contributed by atoms with van der Waals surface area (Å²) in [6.07, 6.45) is 12.8. The number of halogens is 1. The number of nitrogens with zero attached hydrogens (tertiary/aromatic N) is 2. The number of benzene rings is 1. The molecule has 0 bridgehead atoms. The van der Waals surface area contributed by atoms with Gasteiger partial charge in [0, 0.05) is 18.0 Å². The van der Waals surface area contributed by atoms with Crippen LogP contribution in [0, 0.1) is 5.92 Å². The predicted molar refractivity (Wildman–Crippen MR) is 126 cm³/mol. The lowest BCUT2D eigenvalue weighted by atomic mass is 10.1. The highest BCUT2D eigenvalue weighted by Crippen LogP contribution is 2.23. The maximum Gasteiger partial charge on any atom is 0.329 e. The van der Waals surface area contributed by atoms with E-state index in [0.29, 0.717) is 30.7 Å². The first-order chi connectivity index (χ1) is 15.0. The molecule has 0 aliphatic rings. The van der Waals surface area contributed by atoms with Gasteiger partial charge in [0.25, 0.3) is 0 Å². The Hall–Kier alpha value is -2.14. The van der Waals surface area contributed by atoms with Gasteiger partial charge < -0.3 is 9.47 Å². The van der Waals surface area contributed by atoms with Gasteiger partial charge in [0.15, 0.2) is 0 Å². The monoisotopic (exact) mass is 446 g/mol. The van der Waals surface area contributed by atoms with Gasteiger partial charge in [-0.2, -0.15) is 0 Å². The highest BCUT2D eigenvalue weighted by Gasteiger charge is 2.19. The molecule has 5 nitrogen and oxygen atoms in total. The van der Waals surface area contributed by atoms with E-state index in [9.17, 15) is 4.79 Å². The maximum atomic E-state index is 12.0. The Morgan fingerprint density at radius 2 is 1.55 bits per heavy atom. The maximum absolute atomic E-state index is 12.0. The summed E-state index contributed by atoms with van der Waals surface area (Å²) in [4.78, 5) is 20.6. The van der Waals surface area contributed by atoms with Crippen LogP contribution in [0.5, 0.6) is 11.8 Å². The molecule has 31 heavy (non-hydrogen) atoms. The lowest BCUT2D eigenvalue weighted by Gasteiger charge is -2.11. The van der Waals surface area contributed by atoms with Crippen LogP contribution in [0.3, 0.4) is 0 Å². The number of esters is 1. The minimum atomic E-state index is -0.637. The van der Waals surface area contributed by atoms with E-state index in [1.807, 2.05) is 26.0 Å². The molecule has 6 heteroatoms. The van der Waals surface area contributed by atoms with Gasteiger partial charge >= 0.3 is 12.0 Å². The average Bonchev–Trinajstić information content (AvgIpc) is 2.76. The molecule has 0 N–H and O–H groups in total. The SMILES string of the molecule is CCCCCCCCCOc1ncc(-c2ccc(OC(=O)C(Cl)CC(C)C)cc2)cn1. The molecule has 2 rings (SSSR count). The number of alkyl halides is 1. The minimum Gasteiger partial charge on any atom is -0.463 e. The van der Waals surface area contributed by atoms with Gasteiger partial charge in [0.1, 0.15) is 11.1 Å². The molecule has 0 radical (unpaired) electrons. The van der Waals surface area contributed by atoms with Crippen LogP contribution < -0.4 is 9.47 Å². The third-order valence-corrected chi connectivity index (χ3v) is 5.30. The number of aromatic nitrogens is 2. The van der Waals surface area contributed by atoms with Crippen molar-refractivity contribution in [3.8, 4) is 22.9 Å². The molecule has 2 aromatic rings. The van der Waals surface area contributed by atoms with Crippen molar-refractivity contribution in [2.75, 3.05) is 6.61 Å². The fourth-order valence-electron chi connectivity index (χ4n) is 3.17. The van der Waals surface area contributed by atoms with Crippen molar-refractivity contribution >= 4 is 17.6 Å². The van der Waals surface area contributed by atoms with Crippen molar-refractivity contribution in [2.45, 2.75) is 77.5 Å². The van der Waals surface area contributed by atoms with Gasteiger partial charge in [-0.1, -0.05) is 71.4 Å². The molecular weight excluding hydrogens is 412 g/mol. The second-order valence-corrected chi connectivity index (χ2v) is 8.79. The van der Waals surface area contributed by atoms with Gasteiger partial charge in [-0.05, 0) is 36.5 Å². The number of hydrogen-bond acceptors (Lipinski definition) is 5. The van der Waals surface area contributed by atoms with Gasteiger partial charge in [-0.15, -0.1) is 11.6 Å². The smallest absolute Gasteiger partial charge is 0.329 e. The quantitative estimate of drug-likeness (QED) is 0.138. The minimum absolute atomic E-state index is 0.333. The summed E-state index contributed by atoms with van der Waals surface area (Å²) < 4.78 is 11.0. The molecule has 0 saturated heterocycles. The number of rotatable bonds is 14. The van der Waals surface area contributed by atoms with Gasteiger partial charge in [0.05, 0.1) is 6.61 Å². The average molecular weight is 447 g/mol. The zero-order valence-electron chi connectivity index (χ0n) is 19.0. The summed E-state index contributed by atoms with van der Waals surface area (Å²) in [6, 6.07) is 7.63. The van der Waals surface area contributed by atoms with Crippen molar-refractivity contribution in [1.82, 2.24) is 9.97 Å². The van der Waals surface area contributed by atoms with Crippen molar-refractivity contribution in [2.24, 2.45) is 5.92 Å². The largest absolute Gasteiger partial charge is 0.463 e. The first-order valence-corrected chi connectivity index (χ1v) is 11.8. The fourth-order valence-corrected chi connectivity index (χ4v) is 3.57. The topological polar surface area (TPSA) is 61.3 Å². The molecule has 1 unspecified atom stereocenters. The summed E-state index contributed by atoms with van der Waals surface area (Å²) in [5, 5.41) is -0.637. The number of hydrogen-bond donors (Lipinski definition) is 0. The summed E-state index contributed by atoms with van der Waals surface area (Å²) in [5.41, 5.74) is 1.80. The summed E-state index contributed by atoms with van der Waals surface area (Å²) in [5.74, 6) is 0.382. The van der Waals surface area contributed by atoms with E-state index in [1.165, 1.54) is 38.5 Å². The Morgan fingerprint density at radius 3 is 2.16 bits per heavy atom. The van der Waals surface area contributed by atoms with E-state index in [0.717, 1.165) is 17.5 Å². The second-order valence-electron chi connectivity index (χ2n) is 8.27. The third kappa shape index (κ3) is 9.69. The summed E-state index contributed by atoms with van der Waals surface area (Å²) >= 11 is 6.09. The van der Waals surface area contributed by atoms with Gasteiger partial charge in [-0.3, -0.25) is 4.79 Å². The van der Waals surface area contributed by atoms with Crippen LogP contribution in [-0.2, 0) is 4.79 Å². The van der Waals surface area contributed by atoms with E-state index in [4.69, 9.17) is 21.1 Å². The normalized spacial score (nSPS) is 12.0. The third-order valence-electron chi connectivity index (χ3n) is 4.95. The number of carbonyl (C=O) groups excluding carboxylic acids is 1. The van der Waals surface area contributed by atoms with E-state index < -0.39 is 11.3 Å². The van der Waals surface area contributed by atoms with Crippen molar-refractivity contribution in [1.29, 1.82) is 0 Å². The molecule has 170 valence electrons. The summed E-state index contributed by atoms with van der Waals surface area (Å²) in [6.45, 7) is 6.92. The van der Waals surface area contributed by atoms with Crippen LogP contribution in [0.25, 0.3) is 11.1 Å². The lowest BCUT2D eigenvalue weighted by Crippen LogP contribution is -2.22. The van der Waals surface area contributed by atoms with Crippen LogP contribution in [0.4, 0.5) is 0 Å². The molecule has 0 aliphatic carbocycles. The number of ether oxygens (including phenoxy) is 2. The molecule has 0 aliphatic heterocycles. The molecule has 0 saturated carbocycles. The Morgan fingerprint density at radius 1 is 0.935 bits per heavy atom. The predicted octanol–water partition coefficient (Wildman–Crippen LogP) is 6.83. The Labute approximate surface area is 191 Å². The molecule has 1 atom stereocenters. The zero-order valence-corrected chi connectivity index (χ0v) is 19.7. The molecule has 1 heterocycles. The van der Waals surface area contributed by atoms with Crippen molar-refractivity contribution < 1.29 is 14.3 Å². The first kappa shape index (κ1) is 25.1. The Kier molecular flexibility index (Phi) is 11.4. The standard InChI is InChI=1S/C25H35ClN2O3/c1-4-5-6-7-8-9-10-15-30-25-27-17-21(18-28-25)20-11-13-22(14-12-20)31-24(29)23(26)16-19(2)3/h11-14,17-19,23H,4-10,15-16H2,1-3H3. The molecule has 0 amide bonds. The number of unbranched alkanes of at least 4 members (excludes halogenated alkanes) is 6. The van der Waals surface area contributed by atoms with E-state index in [-0.39, 0.29) is 0 Å². The first-order valence-electron chi connectivity index (χ1n) is 11.4. The molecule has 1 aromatic carbocycles. The zero-order chi connectivity index (χ0) is 22.5. The van der Waals surface area contributed by atoms with Crippen LogP contribution in [0.15, 0.2) is 36.7 Å².